The molecule has 3 rings (SSSR count). The summed E-state index contributed by atoms with van der Waals surface area (Å²) in [5, 5.41) is 0.439. The number of halogens is 6. The van der Waals surface area contributed by atoms with Crippen LogP contribution < -0.4 is 4.74 Å². The minimum absolute atomic E-state index is 0.0692. The Balaban J connectivity index is 1.63. The molecule has 1 atom stereocenters. The fraction of sp³-hybridized carbons (Fsp3) is 0.263. The van der Waals surface area contributed by atoms with Crippen LogP contribution in [0.25, 0.3) is 6.08 Å². The maximum atomic E-state index is 13.7. The maximum Gasteiger partial charge on any atom is 0.246 e. The summed E-state index contributed by atoms with van der Waals surface area (Å²) in [6.07, 6.45) is 2.18. The number of nitrogens with zero attached hydrogens (tertiary/aromatic N) is 2. The SMILES string of the molecule is O=C(/C=C/c1c(F)c(F)c(F)c(F)c1F)N1CCOC(COc2ccc(Cl)cn2)C1. The van der Waals surface area contributed by atoms with Crippen molar-refractivity contribution in [1.82, 2.24) is 9.88 Å². The van der Waals surface area contributed by atoms with Crippen molar-refractivity contribution < 1.29 is 36.2 Å². The molecule has 2 heterocycles. The fourth-order valence-electron chi connectivity index (χ4n) is 2.67. The Bertz CT molecular complexity index is 943. The number of pyridine rings is 1. The van der Waals surface area contributed by atoms with E-state index in [9.17, 15) is 26.7 Å². The summed E-state index contributed by atoms with van der Waals surface area (Å²) in [6, 6.07) is 3.15. The Hall–Kier alpha value is -2.72. The summed E-state index contributed by atoms with van der Waals surface area (Å²) in [5.41, 5.74) is -1.19. The van der Waals surface area contributed by atoms with Crippen LogP contribution in [0.4, 0.5) is 22.0 Å². The van der Waals surface area contributed by atoms with E-state index >= 15 is 0 Å². The normalized spacial score (nSPS) is 16.9. The van der Waals surface area contributed by atoms with E-state index in [-0.39, 0.29) is 26.3 Å². The number of hydrogen-bond acceptors (Lipinski definition) is 4. The third kappa shape index (κ3) is 4.88. The van der Waals surface area contributed by atoms with E-state index in [0.717, 1.165) is 6.08 Å². The van der Waals surface area contributed by atoms with Gasteiger partial charge in [0.15, 0.2) is 23.3 Å². The second-order valence-corrected chi connectivity index (χ2v) is 6.66. The monoisotopic (exact) mass is 448 g/mol. The van der Waals surface area contributed by atoms with E-state index in [1.54, 1.807) is 12.1 Å². The highest BCUT2D eigenvalue weighted by molar-refractivity contribution is 6.30. The van der Waals surface area contributed by atoms with Crippen molar-refractivity contribution in [2.45, 2.75) is 6.10 Å². The molecule has 0 spiro atoms. The molecule has 160 valence electrons. The molecule has 30 heavy (non-hydrogen) atoms. The molecule has 1 aromatic carbocycles. The highest BCUT2D eigenvalue weighted by Crippen LogP contribution is 2.24. The number of ether oxygens (including phenoxy) is 2. The molecule has 0 radical (unpaired) electrons. The van der Waals surface area contributed by atoms with Gasteiger partial charge in [0.25, 0.3) is 0 Å². The lowest BCUT2D eigenvalue weighted by atomic mass is 10.1. The van der Waals surface area contributed by atoms with Crippen molar-refractivity contribution in [2.75, 3.05) is 26.3 Å². The Morgan fingerprint density at radius 3 is 2.47 bits per heavy atom. The topological polar surface area (TPSA) is 51.7 Å². The van der Waals surface area contributed by atoms with Gasteiger partial charge in [-0.25, -0.2) is 26.9 Å². The molecule has 1 unspecified atom stereocenters. The zero-order valence-corrected chi connectivity index (χ0v) is 15.9. The van der Waals surface area contributed by atoms with Crippen molar-refractivity contribution in [3.63, 3.8) is 0 Å². The molecule has 1 amide bonds. The van der Waals surface area contributed by atoms with E-state index in [0.29, 0.717) is 17.0 Å². The molecule has 5 nitrogen and oxygen atoms in total. The lowest BCUT2D eigenvalue weighted by Crippen LogP contribution is -2.47. The molecule has 0 saturated carbocycles. The first-order valence-corrected chi connectivity index (χ1v) is 9.00. The first-order chi connectivity index (χ1) is 14.3. The van der Waals surface area contributed by atoms with Gasteiger partial charge in [-0.05, 0) is 12.1 Å². The van der Waals surface area contributed by atoms with Crippen molar-refractivity contribution >= 4 is 23.6 Å². The summed E-state index contributed by atoms with van der Waals surface area (Å²) in [4.78, 5) is 17.6. The summed E-state index contributed by atoms with van der Waals surface area (Å²) in [5.74, 6) is -10.8. The molecule has 0 N–H and O–H groups in total. The third-order valence-electron chi connectivity index (χ3n) is 4.20. The Kier molecular flexibility index (Phi) is 6.88. The quantitative estimate of drug-likeness (QED) is 0.302. The highest BCUT2D eigenvalue weighted by atomic mass is 35.5. The molecule has 1 aromatic heterocycles. The summed E-state index contributed by atoms with van der Waals surface area (Å²) >= 11 is 5.73. The molecule has 1 fully saturated rings. The predicted octanol–water partition coefficient (Wildman–Crippen LogP) is 3.75. The Morgan fingerprint density at radius 2 is 1.83 bits per heavy atom. The zero-order chi connectivity index (χ0) is 21.8. The molecule has 2 aromatic rings. The summed E-state index contributed by atoms with van der Waals surface area (Å²) in [6.45, 7) is 0.508. The van der Waals surface area contributed by atoms with Crippen molar-refractivity contribution in [2.24, 2.45) is 0 Å². The fourth-order valence-corrected chi connectivity index (χ4v) is 2.79. The molecular formula is C19H14ClF5N2O3. The third-order valence-corrected chi connectivity index (χ3v) is 4.43. The molecule has 1 aliphatic rings. The second kappa shape index (κ2) is 9.40. The van der Waals surface area contributed by atoms with Gasteiger partial charge >= 0.3 is 0 Å². The van der Waals surface area contributed by atoms with E-state index < -0.39 is 46.7 Å². The summed E-state index contributed by atoms with van der Waals surface area (Å²) in [7, 11) is 0. The van der Waals surface area contributed by atoms with Gasteiger partial charge in [0, 0.05) is 24.9 Å². The largest absolute Gasteiger partial charge is 0.475 e. The number of amides is 1. The molecule has 11 heteroatoms. The van der Waals surface area contributed by atoms with Gasteiger partial charge < -0.3 is 14.4 Å². The van der Waals surface area contributed by atoms with Gasteiger partial charge in [-0.1, -0.05) is 11.6 Å². The van der Waals surface area contributed by atoms with Gasteiger partial charge in [0.05, 0.1) is 23.7 Å². The smallest absolute Gasteiger partial charge is 0.246 e. The number of carbonyl (C=O) groups is 1. The lowest BCUT2D eigenvalue weighted by Gasteiger charge is -2.32. The first-order valence-electron chi connectivity index (χ1n) is 8.62. The van der Waals surface area contributed by atoms with Crippen LogP contribution in [-0.2, 0) is 9.53 Å². The van der Waals surface area contributed by atoms with Crippen LogP contribution >= 0.6 is 11.6 Å². The first kappa shape index (κ1) is 22.0. The van der Waals surface area contributed by atoms with Gasteiger partial charge in [0.1, 0.15) is 12.7 Å². The lowest BCUT2D eigenvalue weighted by molar-refractivity contribution is -0.134. The molecule has 1 aliphatic heterocycles. The van der Waals surface area contributed by atoms with Crippen LogP contribution in [-0.4, -0.2) is 48.2 Å². The molecule has 0 aliphatic carbocycles. The van der Waals surface area contributed by atoms with E-state index in [2.05, 4.69) is 4.98 Å². The minimum Gasteiger partial charge on any atom is -0.475 e. The van der Waals surface area contributed by atoms with Gasteiger partial charge in [-0.2, -0.15) is 0 Å². The number of hydrogen-bond donors (Lipinski definition) is 0. The molecular weight excluding hydrogens is 435 g/mol. The molecule has 1 saturated heterocycles. The van der Waals surface area contributed by atoms with Crippen LogP contribution in [0.15, 0.2) is 24.4 Å². The second-order valence-electron chi connectivity index (χ2n) is 6.22. The maximum absolute atomic E-state index is 13.7. The van der Waals surface area contributed by atoms with Gasteiger partial charge in [0.2, 0.25) is 17.6 Å². The van der Waals surface area contributed by atoms with Crippen LogP contribution in [0.1, 0.15) is 5.56 Å². The van der Waals surface area contributed by atoms with E-state index in [4.69, 9.17) is 21.1 Å². The van der Waals surface area contributed by atoms with Crippen LogP contribution in [0.2, 0.25) is 5.02 Å². The van der Waals surface area contributed by atoms with Gasteiger partial charge in [-0.15, -0.1) is 0 Å². The average Bonchev–Trinajstić information content (AvgIpc) is 2.76. The van der Waals surface area contributed by atoms with Crippen LogP contribution in [0.5, 0.6) is 5.88 Å². The van der Waals surface area contributed by atoms with Crippen LogP contribution in [0.3, 0.4) is 0 Å². The highest BCUT2D eigenvalue weighted by Gasteiger charge is 2.26. The minimum atomic E-state index is -2.26. The van der Waals surface area contributed by atoms with Crippen molar-refractivity contribution in [3.8, 4) is 5.88 Å². The van der Waals surface area contributed by atoms with Crippen molar-refractivity contribution in [3.05, 3.63) is 64.1 Å². The number of benzene rings is 1. The Labute approximate surface area is 172 Å². The molecule has 0 bridgehead atoms. The predicted molar refractivity (Wildman–Crippen MR) is 96.3 cm³/mol. The van der Waals surface area contributed by atoms with Gasteiger partial charge in [-0.3, -0.25) is 4.79 Å². The van der Waals surface area contributed by atoms with Crippen molar-refractivity contribution in [1.29, 1.82) is 0 Å². The number of morpholine rings is 1. The zero-order valence-electron chi connectivity index (χ0n) is 15.2. The average molecular weight is 449 g/mol. The van der Waals surface area contributed by atoms with E-state index in [1.807, 2.05) is 0 Å². The summed E-state index contributed by atoms with van der Waals surface area (Å²) < 4.78 is 77.9. The number of carbonyl (C=O) groups excluding carboxylic acids is 1. The van der Waals surface area contributed by atoms with E-state index in [1.165, 1.54) is 11.1 Å². The standard InChI is InChI=1S/C19H14ClF5N2O3/c20-10-1-3-13(26-7-10)30-9-11-8-27(5-6-29-11)14(28)4-2-12-15(21)17(23)19(25)18(24)16(12)22/h1-4,7,11H,5-6,8-9H2/b4-2+. The Morgan fingerprint density at radius 1 is 1.17 bits per heavy atom. The number of rotatable bonds is 5. The number of aromatic nitrogens is 1. The van der Waals surface area contributed by atoms with Crippen LogP contribution in [0, 0.1) is 29.1 Å².